The average molecular weight is 577 g/mol. The van der Waals surface area contributed by atoms with E-state index in [4.69, 9.17) is 24.4 Å². The lowest BCUT2D eigenvalue weighted by molar-refractivity contribution is 0.415. The highest BCUT2D eigenvalue weighted by atomic mass is 32.2. The summed E-state index contributed by atoms with van der Waals surface area (Å²) < 4.78 is 10.8. The molecule has 2 aliphatic heterocycles. The molecule has 2 fully saturated rings. The molecule has 4 aromatic carbocycles. The summed E-state index contributed by atoms with van der Waals surface area (Å²) in [4.78, 5) is 16.9. The van der Waals surface area contributed by atoms with Gasteiger partial charge in [0.05, 0.1) is 13.2 Å². The van der Waals surface area contributed by atoms with Gasteiger partial charge in [-0.1, -0.05) is 108 Å². The number of benzene rings is 4. The second-order valence-electron chi connectivity index (χ2n) is 9.91. The van der Waals surface area contributed by atoms with Crippen LogP contribution in [0, 0.1) is 0 Å². The molecule has 204 valence electrons. The number of epoxide rings is 2. The first kappa shape index (κ1) is 26.2. The standard InChI is InChI=1S/C33H28N4O2S2/c1-3-7-27(8-4-1)37(28-9-5-2-6-10-28)31-34-32(40-21-23-11-15-25(16-12-23)29-19-38-29)36-33(35-31)41-22-24-13-17-26(18-14-24)30-20-39-30/h1-18,29-30H,19-22H2. The molecule has 0 saturated carbocycles. The smallest absolute Gasteiger partial charge is 0.239 e. The fraction of sp³-hybridized carbons (Fsp3) is 0.182. The molecule has 1 aromatic heterocycles. The van der Waals surface area contributed by atoms with E-state index in [1.54, 1.807) is 23.5 Å². The molecule has 5 aromatic rings. The van der Waals surface area contributed by atoms with Crippen molar-refractivity contribution < 1.29 is 9.47 Å². The number of thioether (sulfide) groups is 2. The Balaban J connectivity index is 1.18. The van der Waals surface area contributed by atoms with Crippen molar-refractivity contribution in [2.24, 2.45) is 0 Å². The van der Waals surface area contributed by atoms with E-state index in [0.29, 0.717) is 16.3 Å². The summed E-state index contributed by atoms with van der Waals surface area (Å²) in [6, 6.07) is 37.7. The molecule has 6 nitrogen and oxygen atoms in total. The van der Waals surface area contributed by atoms with Gasteiger partial charge in [-0.3, -0.25) is 4.90 Å². The number of aromatic nitrogens is 3. The minimum atomic E-state index is 0.266. The maximum Gasteiger partial charge on any atom is 0.239 e. The topological polar surface area (TPSA) is 67.0 Å². The summed E-state index contributed by atoms with van der Waals surface area (Å²) >= 11 is 3.25. The van der Waals surface area contributed by atoms with Crippen LogP contribution in [0.15, 0.2) is 120 Å². The zero-order chi connectivity index (χ0) is 27.4. The Bertz CT molecular complexity index is 1480. The quantitative estimate of drug-likeness (QED) is 0.116. The molecule has 2 atom stereocenters. The Morgan fingerprint density at radius 3 is 1.37 bits per heavy atom. The number of ether oxygens (including phenoxy) is 2. The summed E-state index contributed by atoms with van der Waals surface area (Å²) in [6.45, 7) is 1.64. The Morgan fingerprint density at radius 1 is 0.561 bits per heavy atom. The van der Waals surface area contributed by atoms with Crippen molar-refractivity contribution >= 4 is 40.8 Å². The van der Waals surface area contributed by atoms with Crippen LogP contribution in [0.25, 0.3) is 0 Å². The van der Waals surface area contributed by atoms with E-state index in [-0.39, 0.29) is 12.2 Å². The molecule has 8 heteroatoms. The molecule has 0 spiro atoms. The lowest BCUT2D eigenvalue weighted by atomic mass is 10.1. The van der Waals surface area contributed by atoms with E-state index in [1.807, 2.05) is 36.4 Å². The largest absolute Gasteiger partial charge is 0.368 e. The molecule has 7 rings (SSSR count). The molecule has 2 saturated heterocycles. The summed E-state index contributed by atoms with van der Waals surface area (Å²) in [6.07, 6.45) is 0.533. The molecule has 0 amide bonds. The normalized spacial score (nSPS) is 17.3. The van der Waals surface area contributed by atoms with Crippen LogP contribution in [0.1, 0.15) is 34.5 Å². The average Bonchev–Trinajstić information content (AvgIpc) is 3.95. The summed E-state index contributed by atoms with van der Waals surface area (Å²) in [7, 11) is 0. The molecule has 2 unspecified atom stereocenters. The molecule has 3 heterocycles. The van der Waals surface area contributed by atoms with Crippen molar-refractivity contribution in [1.29, 1.82) is 0 Å². The SMILES string of the molecule is c1ccc(N(c2ccccc2)c2nc(SCc3ccc(C4CO4)cc3)nc(SCc3ccc(C4CO4)cc3)n2)cc1. The number of rotatable bonds is 11. The third kappa shape index (κ3) is 6.63. The van der Waals surface area contributed by atoms with Gasteiger partial charge in [0.2, 0.25) is 5.95 Å². The minimum Gasteiger partial charge on any atom is -0.368 e. The molecule has 0 bridgehead atoms. The highest BCUT2D eigenvalue weighted by molar-refractivity contribution is 7.99. The molecule has 0 N–H and O–H groups in total. The van der Waals surface area contributed by atoms with Gasteiger partial charge in [-0.15, -0.1) is 0 Å². The van der Waals surface area contributed by atoms with E-state index in [2.05, 4.69) is 77.7 Å². The van der Waals surface area contributed by atoms with Gasteiger partial charge in [0.1, 0.15) is 12.2 Å². The van der Waals surface area contributed by atoms with E-state index in [0.717, 1.165) is 36.1 Å². The van der Waals surface area contributed by atoms with Crippen LogP contribution in [0.4, 0.5) is 17.3 Å². The van der Waals surface area contributed by atoms with E-state index >= 15 is 0 Å². The van der Waals surface area contributed by atoms with Crippen LogP contribution >= 0.6 is 23.5 Å². The highest BCUT2D eigenvalue weighted by Gasteiger charge is 2.25. The van der Waals surface area contributed by atoms with Crippen molar-refractivity contribution in [2.45, 2.75) is 34.0 Å². The second kappa shape index (κ2) is 12.0. The van der Waals surface area contributed by atoms with Crippen molar-refractivity contribution in [3.8, 4) is 0 Å². The zero-order valence-corrected chi connectivity index (χ0v) is 23.9. The number of anilines is 3. The number of nitrogens with zero attached hydrogens (tertiary/aromatic N) is 4. The molecule has 0 radical (unpaired) electrons. The monoisotopic (exact) mass is 576 g/mol. The van der Waals surface area contributed by atoms with Crippen LogP contribution in [0.2, 0.25) is 0 Å². The Kier molecular flexibility index (Phi) is 7.70. The molecular weight excluding hydrogens is 549 g/mol. The maximum absolute atomic E-state index is 5.41. The first-order valence-corrected chi connectivity index (χ1v) is 15.6. The highest BCUT2D eigenvalue weighted by Crippen LogP contribution is 2.35. The van der Waals surface area contributed by atoms with Crippen LogP contribution in [-0.4, -0.2) is 28.2 Å². The van der Waals surface area contributed by atoms with Crippen molar-refractivity contribution in [3.05, 3.63) is 131 Å². The van der Waals surface area contributed by atoms with E-state index in [9.17, 15) is 0 Å². The van der Waals surface area contributed by atoms with Crippen molar-refractivity contribution in [1.82, 2.24) is 15.0 Å². The van der Waals surface area contributed by atoms with Gasteiger partial charge >= 0.3 is 0 Å². The lowest BCUT2D eigenvalue weighted by Gasteiger charge is -2.23. The Hall–Kier alpha value is -3.69. The third-order valence-electron chi connectivity index (χ3n) is 6.92. The summed E-state index contributed by atoms with van der Waals surface area (Å²) in [5.41, 5.74) is 6.90. The van der Waals surface area contributed by atoms with Crippen LogP contribution in [0.3, 0.4) is 0 Å². The van der Waals surface area contributed by atoms with Crippen molar-refractivity contribution in [3.63, 3.8) is 0 Å². The second-order valence-corrected chi connectivity index (χ2v) is 11.8. The molecule has 41 heavy (non-hydrogen) atoms. The fourth-order valence-corrected chi connectivity index (χ4v) is 6.15. The van der Waals surface area contributed by atoms with Gasteiger partial charge in [-0.05, 0) is 46.5 Å². The van der Waals surface area contributed by atoms with Gasteiger partial charge in [0, 0.05) is 22.9 Å². The van der Waals surface area contributed by atoms with Gasteiger partial charge in [0.25, 0.3) is 0 Å². The zero-order valence-electron chi connectivity index (χ0n) is 22.3. The predicted molar refractivity (Wildman–Crippen MR) is 164 cm³/mol. The molecular formula is C33H28N4O2S2. The molecule has 2 aliphatic rings. The lowest BCUT2D eigenvalue weighted by Crippen LogP contribution is -2.14. The van der Waals surface area contributed by atoms with E-state index < -0.39 is 0 Å². The predicted octanol–water partition coefficient (Wildman–Crippen LogP) is 8.07. The maximum atomic E-state index is 5.41. The van der Waals surface area contributed by atoms with Gasteiger partial charge in [-0.25, -0.2) is 0 Å². The first-order valence-electron chi connectivity index (χ1n) is 13.6. The van der Waals surface area contributed by atoms with Crippen LogP contribution < -0.4 is 4.90 Å². The van der Waals surface area contributed by atoms with Gasteiger partial charge in [-0.2, -0.15) is 15.0 Å². The van der Waals surface area contributed by atoms with Crippen LogP contribution in [0.5, 0.6) is 0 Å². The van der Waals surface area contributed by atoms with Crippen LogP contribution in [-0.2, 0) is 21.0 Å². The number of hydrogen-bond acceptors (Lipinski definition) is 8. The number of para-hydroxylation sites is 2. The number of hydrogen-bond donors (Lipinski definition) is 0. The summed E-state index contributed by atoms with van der Waals surface area (Å²) in [5, 5.41) is 1.40. The molecule has 0 aliphatic carbocycles. The van der Waals surface area contributed by atoms with Gasteiger partial charge < -0.3 is 9.47 Å². The van der Waals surface area contributed by atoms with Gasteiger partial charge in [0.15, 0.2) is 10.3 Å². The minimum absolute atomic E-state index is 0.266. The first-order chi connectivity index (χ1) is 20.3. The Morgan fingerprint density at radius 2 is 0.976 bits per heavy atom. The third-order valence-corrected chi connectivity index (χ3v) is 8.75. The van der Waals surface area contributed by atoms with E-state index in [1.165, 1.54) is 22.3 Å². The van der Waals surface area contributed by atoms with Crippen molar-refractivity contribution in [2.75, 3.05) is 18.1 Å². The summed E-state index contributed by atoms with van der Waals surface area (Å²) in [5.74, 6) is 2.13. The Labute approximate surface area is 248 Å². The fourth-order valence-electron chi connectivity index (χ4n) is 4.53.